The van der Waals surface area contributed by atoms with Gasteiger partial charge in [0.25, 0.3) is 0 Å². The second kappa shape index (κ2) is 7.07. The van der Waals surface area contributed by atoms with Crippen LogP contribution in [0.3, 0.4) is 0 Å². The molecule has 0 saturated carbocycles. The Morgan fingerprint density at radius 1 is 1.12 bits per heavy atom. The normalized spacial score (nSPS) is 23.0. The van der Waals surface area contributed by atoms with Crippen LogP contribution in [0.5, 0.6) is 0 Å². The zero-order chi connectivity index (χ0) is 17.2. The Morgan fingerprint density at radius 3 is 2.50 bits per heavy atom. The lowest BCUT2D eigenvalue weighted by Crippen LogP contribution is -2.53. The van der Waals surface area contributed by atoms with Crippen molar-refractivity contribution in [2.75, 3.05) is 25.9 Å². The summed E-state index contributed by atoms with van der Waals surface area (Å²) in [6.07, 6.45) is 6.45. The van der Waals surface area contributed by atoms with Crippen LogP contribution in [0, 0.1) is 0 Å². The standard InChI is InChI=1S/C18H24N2O3S/c1-24(22,23)20-12-6-5-9-17(20)18(21)19-13-10-16(11-14-19)15-7-3-2-4-8-15/h2-4,7-8,10,17H,5-6,9,11-14H2,1H3/t17-/m0/s1. The van der Waals surface area contributed by atoms with Crippen molar-refractivity contribution < 1.29 is 13.2 Å². The number of hydrogen-bond acceptors (Lipinski definition) is 3. The van der Waals surface area contributed by atoms with Crippen molar-refractivity contribution in [2.45, 2.75) is 31.7 Å². The minimum absolute atomic E-state index is 0.0523. The maximum Gasteiger partial charge on any atom is 0.241 e. The number of carbonyl (C=O) groups excluding carboxylic acids is 1. The lowest BCUT2D eigenvalue weighted by Gasteiger charge is -2.37. The number of hydrogen-bond donors (Lipinski definition) is 0. The van der Waals surface area contributed by atoms with Crippen LogP contribution < -0.4 is 0 Å². The van der Waals surface area contributed by atoms with Gasteiger partial charge in [-0.15, -0.1) is 0 Å². The highest BCUT2D eigenvalue weighted by atomic mass is 32.2. The first-order chi connectivity index (χ1) is 11.5. The van der Waals surface area contributed by atoms with Gasteiger partial charge in [0, 0.05) is 19.6 Å². The molecule has 1 saturated heterocycles. The van der Waals surface area contributed by atoms with Crippen LogP contribution in [0.2, 0.25) is 0 Å². The summed E-state index contributed by atoms with van der Waals surface area (Å²) in [7, 11) is -3.34. The average Bonchev–Trinajstić information content (AvgIpc) is 2.61. The third-order valence-corrected chi connectivity index (χ3v) is 6.12. The van der Waals surface area contributed by atoms with Crippen molar-refractivity contribution in [2.24, 2.45) is 0 Å². The van der Waals surface area contributed by atoms with Crippen molar-refractivity contribution in [1.82, 2.24) is 9.21 Å². The molecule has 5 nitrogen and oxygen atoms in total. The van der Waals surface area contributed by atoms with Crippen molar-refractivity contribution >= 4 is 21.5 Å². The van der Waals surface area contributed by atoms with E-state index in [0.29, 0.717) is 26.1 Å². The molecule has 0 aromatic heterocycles. The molecule has 1 aromatic carbocycles. The van der Waals surface area contributed by atoms with Crippen LogP contribution in [0.4, 0.5) is 0 Å². The van der Waals surface area contributed by atoms with E-state index in [-0.39, 0.29) is 5.91 Å². The second-order valence-corrected chi connectivity index (χ2v) is 8.45. The summed E-state index contributed by atoms with van der Waals surface area (Å²) in [4.78, 5) is 14.6. The molecule has 1 amide bonds. The van der Waals surface area contributed by atoms with Crippen molar-refractivity contribution in [3.05, 3.63) is 42.0 Å². The molecule has 1 atom stereocenters. The number of rotatable bonds is 3. The van der Waals surface area contributed by atoms with Gasteiger partial charge >= 0.3 is 0 Å². The predicted octanol–water partition coefficient (Wildman–Crippen LogP) is 2.12. The van der Waals surface area contributed by atoms with Crippen LogP contribution >= 0.6 is 0 Å². The van der Waals surface area contributed by atoms with Gasteiger partial charge in [-0.3, -0.25) is 4.79 Å². The zero-order valence-electron chi connectivity index (χ0n) is 14.0. The fraction of sp³-hybridized carbons (Fsp3) is 0.500. The summed E-state index contributed by atoms with van der Waals surface area (Å²) < 4.78 is 25.3. The van der Waals surface area contributed by atoms with E-state index in [0.717, 1.165) is 19.3 Å². The van der Waals surface area contributed by atoms with Gasteiger partial charge in [-0.1, -0.05) is 42.8 Å². The summed E-state index contributed by atoms with van der Waals surface area (Å²) in [5.41, 5.74) is 2.45. The van der Waals surface area contributed by atoms with E-state index in [1.54, 1.807) is 4.90 Å². The molecule has 0 spiro atoms. The van der Waals surface area contributed by atoms with E-state index in [2.05, 4.69) is 18.2 Å². The van der Waals surface area contributed by atoms with Crippen LogP contribution in [-0.4, -0.2) is 55.5 Å². The molecule has 1 aromatic rings. The van der Waals surface area contributed by atoms with Gasteiger partial charge in [-0.25, -0.2) is 8.42 Å². The summed E-state index contributed by atoms with van der Waals surface area (Å²) in [5, 5.41) is 0. The minimum atomic E-state index is -3.34. The Labute approximate surface area is 144 Å². The minimum Gasteiger partial charge on any atom is -0.337 e. The van der Waals surface area contributed by atoms with E-state index in [1.165, 1.54) is 21.7 Å². The molecule has 24 heavy (non-hydrogen) atoms. The number of nitrogens with zero attached hydrogens (tertiary/aromatic N) is 2. The van der Waals surface area contributed by atoms with Crippen molar-refractivity contribution in [3.63, 3.8) is 0 Å². The fourth-order valence-corrected chi connectivity index (χ4v) is 4.66. The summed E-state index contributed by atoms with van der Waals surface area (Å²) in [5.74, 6) is -0.0523. The molecule has 0 unspecified atom stereocenters. The highest BCUT2D eigenvalue weighted by Crippen LogP contribution is 2.25. The van der Waals surface area contributed by atoms with Crippen LogP contribution in [0.15, 0.2) is 36.4 Å². The molecular weight excluding hydrogens is 324 g/mol. The van der Waals surface area contributed by atoms with Gasteiger partial charge in [-0.2, -0.15) is 4.31 Å². The van der Waals surface area contributed by atoms with Gasteiger partial charge in [-0.05, 0) is 30.4 Å². The highest BCUT2D eigenvalue weighted by molar-refractivity contribution is 7.88. The molecule has 2 aliphatic rings. The first-order valence-electron chi connectivity index (χ1n) is 8.47. The van der Waals surface area contributed by atoms with Gasteiger partial charge in [0.1, 0.15) is 6.04 Å². The van der Waals surface area contributed by atoms with E-state index in [1.807, 2.05) is 18.2 Å². The Balaban J connectivity index is 1.71. The lowest BCUT2D eigenvalue weighted by molar-refractivity contribution is -0.135. The highest BCUT2D eigenvalue weighted by Gasteiger charge is 2.36. The summed E-state index contributed by atoms with van der Waals surface area (Å²) in [6, 6.07) is 9.65. The summed E-state index contributed by atoms with van der Waals surface area (Å²) in [6.45, 7) is 1.65. The topological polar surface area (TPSA) is 57.7 Å². The molecular formula is C18H24N2O3S. The molecule has 130 valence electrons. The smallest absolute Gasteiger partial charge is 0.241 e. The molecule has 6 heteroatoms. The number of carbonyl (C=O) groups is 1. The Hall–Kier alpha value is -1.66. The van der Waals surface area contributed by atoms with Gasteiger partial charge in [0.05, 0.1) is 6.26 Å². The van der Waals surface area contributed by atoms with Crippen molar-refractivity contribution in [3.8, 4) is 0 Å². The van der Waals surface area contributed by atoms with Gasteiger partial charge in [0.15, 0.2) is 0 Å². The lowest BCUT2D eigenvalue weighted by atomic mass is 9.98. The number of sulfonamides is 1. The molecule has 0 aliphatic carbocycles. The predicted molar refractivity (Wildman–Crippen MR) is 94.8 cm³/mol. The molecule has 2 heterocycles. The SMILES string of the molecule is CS(=O)(=O)N1CCCC[C@H]1C(=O)N1CC=C(c2ccccc2)CC1. The van der Waals surface area contributed by atoms with Crippen molar-refractivity contribution in [1.29, 1.82) is 0 Å². The summed E-state index contributed by atoms with van der Waals surface area (Å²) >= 11 is 0. The zero-order valence-corrected chi connectivity index (χ0v) is 14.8. The monoisotopic (exact) mass is 348 g/mol. The van der Waals surface area contributed by atoms with E-state index in [9.17, 15) is 13.2 Å². The third-order valence-electron chi connectivity index (χ3n) is 4.83. The molecule has 1 fully saturated rings. The largest absolute Gasteiger partial charge is 0.337 e. The maximum absolute atomic E-state index is 12.8. The van der Waals surface area contributed by atoms with Crippen LogP contribution in [0.25, 0.3) is 5.57 Å². The molecule has 3 rings (SSSR count). The first-order valence-corrected chi connectivity index (χ1v) is 10.3. The fourth-order valence-electron chi connectivity index (χ4n) is 3.54. The van der Waals surface area contributed by atoms with Crippen LogP contribution in [-0.2, 0) is 14.8 Å². The number of amides is 1. The van der Waals surface area contributed by atoms with Gasteiger partial charge < -0.3 is 4.90 Å². The van der Waals surface area contributed by atoms with E-state index >= 15 is 0 Å². The van der Waals surface area contributed by atoms with E-state index < -0.39 is 16.1 Å². The van der Waals surface area contributed by atoms with Crippen LogP contribution in [0.1, 0.15) is 31.2 Å². The Morgan fingerprint density at radius 2 is 1.88 bits per heavy atom. The second-order valence-electron chi connectivity index (χ2n) is 6.51. The molecule has 2 aliphatic heterocycles. The quantitative estimate of drug-likeness (QED) is 0.841. The number of piperidine rings is 1. The van der Waals surface area contributed by atoms with E-state index in [4.69, 9.17) is 0 Å². The molecule has 0 radical (unpaired) electrons. The Bertz CT molecular complexity index is 728. The molecule has 0 bridgehead atoms. The molecule has 0 N–H and O–H groups in total. The maximum atomic E-state index is 12.8. The van der Waals surface area contributed by atoms with Gasteiger partial charge in [0.2, 0.25) is 15.9 Å². The number of benzene rings is 1. The first kappa shape index (κ1) is 17.2. The Kier molecular flexibility index (Phi) is 5.06. The average molecular weight is 348 g/mol. The third kappa shape index (κ3) is 3.70.